The van der Waals surface area contributed by atoms with Gasteiger partial charge in [0.25, 0.3) is 0 Å². The molecule has 1 aromatic carbocycles. The van der Waals surface area contributed by atoms with Crippen molar-refractivity contribution < 1.29 is 5.21 Å². The molecule has 0 radical (unpaired) electrons. The van der Waals surface area contributed by atoms with Gasteiger partial charge in [0.15, 0.2) is 0 Å². The van der Waals surface area contributed by atoms with Crippen LogP contribution in [-0.4, -0.2) is 24.0 Å². The fraction of sp³-hybridized carbons (Fsp3) is 0.500. The van der Waals surface area contributed by atoms with E-state index in [-0.39, 0.29) is 5.54 Å². The monoisotopic (exact) mass is 232 g/mol. The van der Waals surface area contributed by atoms with Crippen LogP contribution in [0.2, 0.25) is 0 Å². The highest BCUT2D eigenvalue weighted by Gasteiger charge is 2.33. The molecule has 3 nitrogen and oxygen atoms in total. The van der Waals surface area contributed by atoms with Crippen molar-refractivity contribution in [3.05, 3.63) is 29.3 Å². The van der Waals surface area contributed by atoms with Gasteiger partial charge in [-0.15, -0.1) is 0 Å². The molecular formula is C14H20N2O. The Hall–Kier alpha value is -1.51. The predicted octanol–water partition coefficient (Wildman–Crippen LogP) is 3.22. The Labute approximate surface area is 103 Å². The van der Waals surface area contributed by atoms with Crippen LogP contribution in [0, 0.1) is 0 Å². The molecule has 1 aromatic rings. The molecule has 0 fully saturated rings. The highest BCUT2D eigenvalue weighted by molar-refractivity contribution is 5.81. The minimum atomic E-state index is 0.193. The molecular weight excluding hydrogens is 212 g/mol. The van der Waals surface area contributed by atoms with Crippen molar-refractivity contribution in [3.8, 4) is 0 Å². The highest BCUT2D eigenvalue weighted by Crippen LogP contribution is 2.42. The van der Waals surface area contributed by atoms with Crippen LogP contribution in [0.5, 0.6) is 0 Å². The summed E-state index contributed by atoms with van der Waals surface area (Å²) in [5.41, 5.74) is 3.76. The summed E-state index contributed by atoms with van der Waals surface area (Å²) in [5.74, 6) is 0.531. The number of hydrogen-bond acceptors (Lipinski definition) is 3. The lowest BCUT2D eigenvalue weighted by atomic mass is 9.80. The molecule has 0 saturated carbocycles. The Balaban J connectivity index is 2.49. The summed E-state index contributed by atoms with van der Waals surface area (Å²) >= 11 is 0. The third-order valence-electron chi connectivity index (χ3n) is 3.86. The van der Waals surface area contributed by atoms with Crippen molar-refractivity contribution in [2.24, 2.45) is 5.16 Å². The molecule has 1 heterocycles. The van der Waals surface area contributed by atoms with E-state index < -0.39 is 0 Å². The molecule has 1 N–H and O–H groups in total. The lowest BCUT2D eigenvalue weighted by Crippen LogP contribution is -2.45. The van der Waals surface area contributed by atoms with Gasteiger partial charge in [-0.05, 0) is 49.4 Å². The zero-order valence-corrected chi connectivity index (χ0v) is 10.9. The smallest absolute Gasteiger partial charge is 0.0733 e. The number of fused-ring (bicyclic) bond motifs is 1. The van der Waals surface area contributed by atoms with Gasteiger partial charge < -0.3 is 10.1 Å². The molecule has 1 unspecified atom stereocenters. The largest absolute Gasteiger partial charge is 0.411 e. The minimum absolute atomic E-state index is 0.193. The molecule has 1 aliphatic heterocycles. The molecule has 0 amide bonds. The van der Waals surface area contributed by atoms with Gasteiger partial charge in [-0.2, -0.15) is 0 Å². The van der Waals surface area contributed by atoms with Crippen LogP contribution in [0.4, 0.5) is 5.69 Å². The molecule has 92 valence electrons. The van der Waals surface area contributed by atoms with Crippen LogP contribution in [0.15, 0.2) is 23.4 Å². The van der Waals surface area contributed by atoms with Crippen LogP contribution in [0.1, 0.15) is 44.2 Å². The van der Waals surface area contributed by atoms with Crippen LogP contribution in [0.25, 0.3) is 0 Å². The molecule has 0 aromatic heterocycles. The second-order valence-corrected chi connectivity index (χ2v) is 5.54. The molecule has 0 bridgehead atoms. The fourth-order valence-electron chi connectivity index (χ4n) is 2.74. The van der Waals surface area contributed by atoms with E-state index in [1.807, 2.05) is 6.07 Å². The molecule has 0 saturated heterocycles. The Morgan fingerprint density at radius 2 is 2.18 bits per heavy atom. The highest BCUT2D eigenvalue weighted by atomic mass is 16.4. The normalized spacial score (nSPS) is 22.8. The predicted molar refractivity (Wildman–Crippen MR) is 71.3 cm³/mol. The Kier molecular flexibility index (Phi) is 2.86. The lowest BCUT2D eigenvalue weighted by Gasteiger charge is -2.45. The van der Waals surface area contributed by atoms with E-state index in [1.54, 1.807) is 0 Å². The maximum atomic E-state index is 8.58. The van der Waals surface area contributed by atoms with Gasteiger partial charge in [0, 0.05) is 18.3 Å². The van der Waals surface area contributed by atoms with Gasteiger partial charge in [-0.3, -0.25) is 0 Å². The second kappa shape index (κ2) is 4.06. The number of rotatable bonds is 1. The summed E-state index contributed by atoms with van der Waals surface area (Å²) in [6.45, 7) is 6.80. The van der Waals surface area contributed by atoms with E-state index in [0.717, 1.165) is 12.0 Å². The Bertz CT molecular complexity index is 452. The first-order valence-corrected chi connectivity index (χ1v) is 6.01. The molecule has 0 spiro atoms. The van der Waals surface area contributed by atoms with E-state index in [0.29, 0.717) is 5.92 Å². The topological polar surface area (TPSA) is 35.8 Å². The molecule has 3 heteroatoms. The van der Waals surface area contributed by atoms with E-state index in [4.69, 9.17) is 5.21 Å². The molecule has 17 heavy (non-hydrogen) atoms. The first-order chi connectivity index (χ1) is 7.95. The van der Waals surface area contributed by atoms with Gasteiger partial charge in [-0.25, -0.2) is 0 Å². The molecule has 0 aliphatic carbocycles. The zero-order chi connectivity index (χ0) is 12.6. The third-order valence-corrected chi connectivity index (χ3v) is 3.86. The van der Waals surface area contributed by atoms with E-state index in [9.17, 15) is 0 Å². The van der Waals surface area contributed by atoms with Crippen molar-refractivity contribution >= 4 is 11.9 Å². The summed E-state index contributed by atoms with van der Waals surface area (Å²) in [7, 11) is 2.14. The number of anilines is 1. The van der Waals surface area contributed by atoms with Crippen LogP contribution >= 0.6 is 0 Å². The fourth-order valence-corrected chi connectivity index (χ4v) is 2.74. The average Bonchev–Trinajstić information content (AvgIpc) is 2.26. The van der Waals surface area contributed by atoms with Gasteiger partial charge in [-0.1, -0.05) is 18.1 Å². The summed E-state index contributed by atoms with van der Waals surface area (Å²) in [5, 5.41) is 11.7. The van der Waals surface area contributed by atoms with E-state index in [1.165, 1.54) is 17.5 Å². The quantitative estimate of drug-likeness (QED) is 0.458. The van der Waals surface area contributed by atoms with Crippen molar-refractivity contribution in [1.82, 2.24) is 0 Å². The second-order valence-electron chi connectivity index (χ2n) is 5.54. The first-order valence-electron chi connectivity index (χ1n) is 6.01. The summed E-state index contributed by atoms with van der Waals surface area (Å²) in [6.07, 6.45) is 2.61. The number of oxime groups is 1. The number of benzene rings is 1. The molecule has 1 aliphatic rings. The summed E-state index contributed by atoms with van der Waals surface area (Å²) in [6, 6.07) is 6.22. The standard InChI is InChI=1S/C14H20N2O/c1-10-8-14(2,3)16(4)13-6-5-11(9-15-17)7-12(10)13/h5-7,9-10,17H,8H2,1-4H3. The summed E-state index contributed by atoms with van der Waals surface area (Å²) < 4.78 is 0. The van der Waals surface area contributed by atoms with Gasteiger partial charge in [0.05, 0.1) is 6.21 Å². The first kappa shape index (κ1) is 12.0. The molecule has 1 atom stereocenters. The van der Waals surface area contributed by atoms with Crippen molar-refractivity contribution in [1.29, 1.82) is 0 Å². The van der Waals surface area contributed by atoms with Crippen molar-refractivity contribution in [2.45, 2.75) is 38.6 Å². The average molecular weight is 232 g/mol. The van der Waals surface area contributed by atoms with Crippen molar-refractivity contribution in [3.63, 3.8) is 0 Å². The maximum absolute atomic E-state index is 8.58. The van der Waals surface area contributed by atoms with Crippen LogP contribution in [-0.2, 0) is 0 Å². The number of nitrogens with zero attached hydrogens (tertiary/aromatic N) is 2. The zero-order valence-electron chi connectivity index (χ0n) is 10.9. The maximum Gasteiger partial charge on any atom is 0.0733 e. The van der Waals surface area contributed by atoms with Crippen LogP contribution < -0.4 is 4.90 Å². The van der Waals surface area contributed by atoms with E-state index >= 15 is 0 Å². The molecule has 2 rings (SSSR count). The third kappa shape index (κ3) is 2.02. The van der Waals surface area contributed by atoms with E-state index in [2.05, 4.69) is 50.0 Å². The minimum Gasteiger partial charge on any atom is -0.411 e. The summed E-state index contributed by atoms with van der Waals surface area (Å²) in [4.78, 5) is 2.34. The van der Waals surface area contributed by atoms with Crippen LogP contribution in [0.3, 0.4) is 0 Å². The van der Waals surface area contributed by atoms with Gasteiger partial charge in [0.1, 0.15) is 0 Å². The number of hydrogen-bond donors (Lipinski definition) is 1. The SMILES string of the molecule is CC1CC(C)(C)N(C)c2ccc(C=NO)cc21. The Morgan fingerprint density at radius 1 is 1.47 bits per heavy atom. The van der Waals surface area contributed by atoms with Gasteiger partial charge >= 0.3 is 0 Å². The van der Waals surface area contributed by atoms with Crippen molar-refractivity contribution in [2.75, 3.05) is 11.9 Å². The van der Waals surface area contributed by atoms with Gasteiger partial charge in [0.2, 0.25) is 0 Å². The lowest BCUT2D eigenvalue weighted by molar-refractivity contribution is 0.322. The Morgan fingerprint density at radius 3 is 2.82 bits per heavy atom.